The lowest BCUT2D eigenvalue weighted by atomic mass is 9.89. The molecule has 2 aromatic rings. The van der Waals surface area contributed by atoms with Crippen molar-refractivity contribution in [3.05, 3.63) is 49.6 Å². The van der Waals surface area contributed by atoms with E-state index >= 15 is 0 Å². The van der Waals surface area contributed by atoms with Crippen LogP contribution in [0.5, 0.6) is 5.75 Å². The molecule has 0 amide bonds. The highest BCUT2D eigenvalue weighted by Crippen LogP contribution is 2.48. The van der Waals surface area contributed by atoms with E-state index in [1.807, 2.05) is 24.3 Å². The molecule has 0 bridgehead atoms. The molecule has 1 nitrogen and oxygen atoms in total. The number of alkyl halides is 1. The van der Waals surface area contributed by atoms with Crippen LogP contribution in [-0.4, -0.2) is 6.61 Å². The minimum absolute atomic E-state index is 0.0705. The summed E-state index contributed by atoms with van der Waals surface area (Å²) in [7, 11) is 0. The van der Waals surface area contributed by atoms with Crippen molar-refractivity contribution in [2.24, 2.45) is 0 Å². The number of benzene rings is 1. The van der Waals surface area contributed by atoms with Gasteiger partial charge >= 0.3 is 0 Å². The normalized spacial score (nSPS) is 19.6. The molecule has 0 radical (unpaired) electrons. The van der Waals surface area contributed by atoms with Crippen LogP contribution in [0.1, 0.15) is 28.2 Å². The number of thiophene rings is 1. The van der Waals surface area contributed by atoms with Gasteiger partial charge in [0.2, 0.25) is 0 Å². The second-order valence-electron chi connectivity index (χ2n) is 4.45. The van der Waals surface area contributed by atoms with Crippen molar-refractivity contribution < 1.29 is 4.74 Å². The lowest BCUT2D eigenvalue weighted by Crippen LogP contribution is -2.17. The molecule has 5 heteroatoms. The third kappa shape index (κ3) is 2.66. The van der Waals surface area contributed by atoms with E-state index in [-0.39, 0.29) is 11.3 Å². The molecule has 0 aliphatic carbocycles. The van der Waals surface area contributed by atoms with Gasteiger partial charge in [0.25, 0.3) is 0 Å². The first-order valence-electron chi connectivity index (χ1n) is 5.97. The topological polar surface area (TPSA) is 9.23 Å². The summed E-state index contributed by atoms with van der Waals surface area (Å²) in [5.74, 6) is 1.22. The fourth-order valence-corrected chi connectivity index (χ4v) is 4.62. The Morgan fingerprint density at radius 1 is 1.37 bits per heavy atom. The Balaban J connectivity index is 1.95. The third-order valence-electron chi connectivity index (χ3n) is 3.29. The first kappa shape index (κ1) is 13.7. The van der Waals surface area contributed by atoms with Gasteiger partial charge in [-0.25, -0.2) is 0 Å². The van der Waals surface area contributed by atoms with Crippen LogP contribution in [0, 0.1) is 0 Å². The summed E-state index contributed by atoms with van der Waals surface area (Å²) in [5.41, 5.74) is 1.19. The highest BCUT2D eigenvalue weighted by molar-refractivity contribution is 9.11. The molecule has 100 valence electrons. The largest absolute Gasteiger partial charge is 0.493 e. The second kappa shape index (κ2) is 5.65. The van der Waals surface area contributed by atoms with Crippen molar-refractivity contribution in [2.75, 3.05) is 6.61 Å². The standard InChI is InChI=1S/C14H11BrCl2OS/c15-14-10(16)7-12(19-14)13(17)9-5-6-18-11-4-2-1-3-8(9)11/h1-4,7,9,13H,5-6H2. The Morgan fingerprint density at radius 2 is 2.16 bits per heavy atom. The molecule has 0 saturated heterocycles. The molecule has 0 N–H and O–H groups in total. The van der Waals surface area contributed by atoms with Crippen molar-refractivity contribution in [1.82, 2.24) is 0 Å². The van der Waals surface area contributed by atoms with Crippen molar-refractivity contribution in [1.29, 1.82) is 0 Å². The van der Waals surface area contributed by atoms with Crippen LogP contribution in [0.25, 0.3) is 0 Å². The summed E-state index contributed by atoms with van der Waals surface area (Å²) in [5, 5.41) is 0.657. The molecule has 0 saturated carbocycles. The Bertz CT molecular complexity index is 579. The molecular weight excluding hydrogens is 367 g/mol. The number of rotatable bonds is 2. The summed E-state index contributed by atoms with van der Waals surface area (Å²) >= 11 is 17.8. The van der Waals surface area contributed by atoms with Crippen molar-refractivity contribution in [2.45, 2.75) is 17.7 Å². The van der Waals surface area contributed by atoms with Gasteiger partial charge in [0, 0.05) is 10.8 Å². The van der Waals surface area contributed by atoms with Gasteiger partial charge in [0.05, 0.1) is 20.8 Å². The number of halogens is 3. The van der Waals surface area contributed by atoms with Gasteiger partial charge in [-0.3, -0.25) is 0 Å². The van der Waals surface area contributed by atoms with Crippen LogP contribution in [0.4, 0.5) is 0 Å². The van der Waals surface area contributed by atoms with E-state index in [9.17, 15) is 0 Å². The summed E-state index contributed by atoms with van der Waals surface area (Å²) in [6.45, 7) is 0.713. The molecule has 0 spiro atoms. The monoisotopic (exact) mass is 376 g/mol. The molecule has 3 rings (SSSR count). The molecule has 1 aliphatic heterocycles. The minimum atomic E-state index is -0.0705. The number of hydrogen-bond donors (Lipinski definition) is 0. The average molecular weight is 378 g/mol. The van der Waals surface area contributed by atoms with Gasteiger partial charge in [-0.2, -0.15) is 0 Å². The van der Waals surface area contributed by atoms with Gasteiger partial charge in [-0.15, -0.1) is 22.9 Å². The van der Waals surface area contributed by atoms with Gasteiger partial charge in [0.1, 0.15) is 5.75 Å². The highest BCUT2D eigenvalue weighted by Gasteiger charge is 2.29. The fraction of sp³-hybridized carbons (Fsp3) is 0.286. The molecule has 1 aliphatic rings. The van der Waals surface area contributed by atoms with Crippen LogP contribution >= 0.6 is 50.5 Å². The van der Waals surface area contributed by atoms with Crippen LogP contribution in [-0.2, 0) is 0 Å². The van der Waals surface area contributed by atoms with Gasteiger partial charge < -0.3 is 4.74 Å². The Kier molecular flexibility index (Phi) is 4.08. The van der Waals surface area contributed by atoms with E-state index in [1.165, 1.54) is 5.56 Å². The lowest BCUT2D eigenvalue weighted by molar-refractivity contribution is 0.265. The average Bonchev–Trinajstić information content (AvgIpc) is 2.77. The predicted octanol–water partition coefficient (Wildman–Crippen LogP) is 6.01. The van der Waals surface area contributed by atoms with Gasteiger partial charge in [-0.05, 0) is 40.0 Å². The molecule has 2 heterocycles. The van der Waals surface area contributed by atoms with Crippen LogP contribution in [0.15, 0.2) is 34.1 Å². The van der Waals surface area contributed by atoms with E-state index in [0.29, 0.717) is 6.61 Å². The molecule has 19 heavy (non-hydrogen) atoms. The number of hydrogen-bond acceptors (Lipinski definition) is 2. The van der Waals surface area contributed by atoms with E-state index in [2.05, 4.69) is 22.0 Å². The second-order valence-corrected chi connectivity index (χ2v) is 7.73. The van der Waals surface area contributed by atoms with E-state index in [1.54, 1.807) is 11.3 Å². The minimum Gasteiger partial charge on any atom is -0.493 e. The maximum absolute atomic E-state index is 6.67. The molecule has 0 fully saturated rings. The highest BCUT2D eigenvalue weighted by atomic mass is 79.9. The summed E-state index contributed by atoms with van der Waals surface area (Å²) < 4.78 is 6.62. The molecule has 2 atom stereocenters. The molecular formula is C14H11BrCl2OS. The maximum atomic E-state index is 6.67. The lowest BCUT2D eigenvalue weighted by Gasteiger charge is -2.28. The summed E-state index contributed by atoms with van der Waals surface area (Å²) in [4.78, 5) is 1.10. The van der Waals surface area contributed by atoms with Crippen molar-refractivity contribution in [3.63, 3.8) is 0 Å². The first-order valence-corrected chi connectivity index (χ1v) is 8.39. The molecule has 2 unspecified atom stereocenters. The maximum Gasteiger partial charge on any atom is 0.122 e. The third-order valence-corrected chi connectivity index (χ3v) is 6.52. The summed E-state index contributed by atoms with van der Waals surface area (Å²) in [6.07, 6.45) is 0.929. The van der Waals surface area contributed by atoms with Crippen molar-refractivity contribution in [3.8, 4) is 5.75 Å². The van der Waals surface area contributed by atoms with E-state index < -0.39 is 0 Å². The van der Waals surface area contributed by atoms with Gasteiger partial charge in [0.15, 0.2) is 0 Å². The zero-order valence-corrected chi connectivity index (χ0v) is 13.8. The zero-order chi connectivity index (χ0) is 13.4. The number of para-hydroxylation sites is 1. The van der Waals surface area contributed by atoms with Crippen molar-refractivity contribution >= 4 is 50.5 Å². The first-order chi connectivity index (χ1) is 9.16. The predicted molar refractivity (Wildman–Crippen MR) is 84.9 cm³/mol. The van der Waals surface area contributed by atoms with Gasteiger partial charge in [-0.1, -0.05) is 29.8 Å². The Morgan fingerprint density at radius 3 is 2.89 bits per heavy atom. The summed E-state index contributed by atoms with van der Waals surface area (Å²) in [6, 6.07) is 10.1. The SMILES string of the molecule is Clc1cc(C(Cl)C2CCOc3ccccc32)sc1Br. The fourth-order valence-electron chi connectivity index (χ4n) is 2.37. The Labute approximate surface area is 134 Å². The zero-order valence-electron chi connectivity index (χ0n) is 9.91. The molecule has 1 aromatic heterocycles. The number of ether oxygens (including phenoxy) is 1. The quantitative estimate of drug-likeness (QED) is 0.582. The molecule has 1 aromatic carbocycles. The number of fused-ring (bicyclic) bond motifs is 1. The van der Waals surface area contributed by atoms with Crippen LogP contribution in [0.3, 0.4) is 0 Å². The van der Waals surface area contributed by atoms with Crippen LogP contribution < -0.4 is 4.74 Å². The van der Waals surface area contributed by atoms with Crippen LogP contribution in [0.2, 0.25) is 5.02 Å². The Hall–Kier alpha value is -0.220. The smallest absolute Gasteiger partial charge is 0.122 e. The van der Waals surface area contributed by atoms with E-state index in [4.69, 9.17) is 27.9 Å². The van der Waals surface area contributed by atoms with E-state index in [0.717, 1.165) is 25.9 Å².